The zero-order valence-electron chi connectivity index (χ0n) is 8.82. The Bertz CT molecular complexity index is 554. The van der Waals surface area contributed by atoms with E-state index in [1.54, 1.807) is 0 Å². The number of nitrogens with zero attached hydrogens (tertiary/aromatic N) is 3. The van der Waals surface area contributed by atoms with E-state index in [4.69, 9.17) is 0 Å². The number of alkyl halides is 3. The summed E-state index contributed by atoms with van der Waals surface area (Å²) in [7, 11) is 0.948. The maximum absolute atomic E-state index is 13.4. The molecule has 0 bridgehead atoms. The van der Waals surface area contributed by atoms with Gasteiger partial charge in [-0.2, -0.15) is 27.5 Å². The van der Waals surface area contributed by atoms with Crippen LogP contribution in [0, 0.1) is 5.95 Å². The number of hydrogen-bond acceptors (Lipinski definition) is 5. The number of ether oxygens (including phenoxy) is 1. The number of hydrogen-bond donors (Lipinski definition) is 0. The van der Waals surface area contributed by atoms with Crippen LogP contribution in [0.25, 0.3) is 11.5 Å². The largest absolute Gasteiger partial charge is 0.480 e. The molecule has 0 aromatic carbocycles. The van der Waals surface area contributed by atoms with Gasteiger partial charge in [0.1, 0.15) is 6.26 Å². The van der Waals surface area contributed by atoms with Crippen LogP contribution in [0.2, 0.25) is 0 Å². The topological polar surface area (TPSA) is 61.0 Å². The standard InChI is InChI=1S/C9H5F4N3O2/c1-17-8-5(9(11,12)13)6(10)14-7(15-8)4-2-3-18-16-4/h2-3H,1H3. The molecule has 0 aliphatic carbocycles. The van der Waals surface area contributed by atoms with E-state index in [1.807, 2.05) is 0 Å². The maximum Gasteiger partial charge on any atom is 0.426 e. The molecule has 0 atom stereocenters. The normalized spacial score (nSPS) is 11.6. The molecule has 0 saturated carbocycles. The summed E-state index contributed by atoms with van der Waals surface area (Å²) in [6.07, 6.45) is -3.79. The van der Waals surface area contributed by atoms with Gasteiger partial charge in [-0.25, -0.2) is 0 Å². The van der Waals surface area contributed by atoms with Gasteiger partial charge < -0.3 is 9.26 Å². The third-order valence-corrected chi connectivity index (χ3v) is 1.98. The van der Waals surface area contributed by atoms with Crippen LogP contribution in [0.1, 0.15) is 5.56 Å². The summed E-state index contributed by atoms with van der Waals surface area (Å²) in [6.45, 7) is 0. The highest BCUT2D eigenvalue weighted by molar-refractivity contribution is 5.49. The van der Waals surface area contributed by atoms with Crippen molar-refractivity contribution in [1.82, 2.24) is 15.1 Å². The van der Waals surface area contributed by atoms with Crippen molar-refractivity contribution in [1.29, 1.82) is 0 Å². The first-order valence-electron chi connectivity index (χ1n) is 4.53. The summed E-state index contributed by atoms with van der Waals surface area (Å²) >= 11 is 0. The fourth-order valence-electron chi connectivity index (χ4n) is 1.24. The molecule has 2 aromatic heterocycles. The molecule has 2 heterocycles. The van der Waals surface area contributed by atoms with Gasteiger partial charge in [0.15, 0.2) is 17.1 Å². The summed E-state index contributed by atoms with van der Waals surface area (Å²) in [6, 6.07) is 1.28. The summed E-state index contributed by atoms with van der Waals surface area (Å²) in [5.41, 5.74) is -1.65. The van der Waals surface area contributed by atoms with E-state index >= 15 is 0 Å². The van der Waals surface area contributed by atoms with E-state index in [0.29, 0.717) is 0 Å². The lowest BCUT2D eigenvalue weighted by Crippen LogP contribution is -2.14. The van der Waals surface area contributed by atoms with Gasteiger partial charge in [0.05, 0.1) is 7.11 Å². The van der Waals surface area contributed by atoms with Crippen LogP contribution in [0.15, 0.2) is 16.9 Å². The van der Waals surface area contributed by atoms with Crippen LogP contribution in [0.4, 0.5) is 17.6 Å². The zero-order valence-corrected chi connectivity index (χ0v) is 8.82. The van der Waals surface area contributed by atoms with E-state index in [2.05, 4.69) is 24.4 Å². The van der Waals surface area contributed by atoms with Crippen LogP contribution in [-0.4, -0.2) is 22.2 Å². The lowest BCUT2D eigenvalue weighted by molar-refractivity contribution is -0.142. The van der Waals surface area contributed by atoms with E-state index < -0.39 is 23.6 Å². The SMILES string of the molecule is COc1nc(-c2ccon2)nc(F)c1C(F)(F)F. The quantitative estimate of drug-likeness (QED) is 0.614. The van der Waals surface area contributed by atoms with Gasteiger partial charge in [-0.1, -0.05) is 5.16 Å². The lowest BCUT2D eigenvalue weighted by atomic mass is 10.3. The number of aromatic nitrogens is 3. The summed E-state index contributed by atoms with van der Waals surface area (Å²) in [4.78, 5) is 6.54. The van der Waals surface area contributed by atoms with Crippen LogP contribution in [0.5, 0.6) is 5.88 Å². The van der Waals surface area contributed by atoms with Gasteiger partial charge in [-0.05, 0) is 0 Å². The van der Waals surface area contributed by atoms with Crippen molar-refractivity contribution in [2.45, 2.75) is 6.18 Å². The number of rotatable bonds is 2. The predicted molar refractivity (Wildman–Crippen MR) is 49.0 cm³/mol. The number of methoxy groups -OCH3 is 1. The second kappa shape index (κ2) is 4.24. The molecule has 0 saturated heterocycles. The fourth-order valence-corrected chi connectivity index (χ4v) is 1.24. The molecule has 2 rings (SSSR count). The van der Waals surface area contributed by atoms with Crippen molar-refractivity contribution in [2.75, 3.05) is 7.11 Å². The molecule has 0 unspecified atom stereocenters. The molecule has 18 heavy (non-hydrogen) atoms. The molecule has 0 fully saturated rings. The van der Waals surface area contributed by atoms with Crippen molar-refractivity contribution < 1.29 is 26.8 Å². The highest BCUT2D eigenvalue weighted by Gasteiger charge is 2.40. The molecule has 0 aliphatic rings. The smallest absolute Gasteiger partial charge is 0.426 e. The highest BCUT2D eigenvalue weighted by atomic mass is 19.4. The van der Waals surface area contributed by atoms with Crippen LogP contribution in [-0.2, 0) is 6.18 Å². The van der Waals surface area contributed by atoms with Crippen LogP contribution >= 0.6 is 0 Å². The lowest BCUT2D eigenvalue weighted by Gasteiger charge is -2.11. The molecule has 9 heteroatoms. The Hall–Kier alpha value is -2.19. The first-order chi connectivity index (χ1) is 8.43. The summed E-state index contributed by atoms with van der Waals surface area (Å²) in [5, 5.41) is 3.39. The third-order valence-electron chi connectivity index (χ3n) is 1.98. The summed E-state index contributed by atoms with van der Waals surface area (Å²) in [5.74, 6) is -2.99. The second-order valence-electron chi connectivity index (χ2n) is 3.10. The Labute approximate surface area is 97.4 Å². The van der Waals surface area contributed by atoms with Crippen molar-refractivity contribution in [2.24, 2.45) is 0 Å². The van der Waals surface area contributed by atoms with Crippen LogP contribution in [0.3, 0.4) is 0 Å². The fraction of sp³-hybridized carbons (Fsp3) is 0.222. The Balaban J connectivity index is 2.61. The van der Waals surface area contributed by atoms with Crippen LogP contribution < -0.4 is 4.74 Å². The molecular weight excluding hydrogens is 258 g/mol. The van der Waals surface area contributed by atoms with Gasteiger partial charge in [0.25, 0.3) is 0 Å². The number of halogens is 4. The minimum atomic E-state index is -4.95. The zero-order chi connectivity index (χ0) is 13.3. The van der Waals surface area contributed by atoms with E-state index in [1.165, 1.54) is 6.07 Å². The predicted octanol–water partition coefficient (Wildman–Crippen LogP) is 2.30. The molecule has 96 valence electrons. The molecule has 0 spiro atoms. The van der Waals surface area contributed by atoms with Gasteiger partial charge in [-0.15, -0.1) is 0 Å². The average molecular weight is 263 g/mol. The summed E-state index contributed by atoms with van der Waals surface area (Å²) < 4.78 is 59.9. The van der Waals surface area contributed by atoms with E-state index in [9.17, 15) is 17.6 Å². The maximum atomic E-state index is 13.4. The van der Waals surface area contributed by atoms with Gasteiger partial charge >= 0.3 is 6.18 Å². The highest BCUT2D eigenvalue weighted by Crippen LogP contribution is 2.37. The first-order valence-corrected chi connectivity index (χ1v) is 4.53. The molecule has 0 amide bonds. The van der Waals surface area contributed by atoms with Gasteiger partial charge in [0, 0.05) is 6.07 Å². The third kappa shape index (κ3) is 2.11. The Morgan fingerprint density at radius 3 is 2.50 bits per heavy atom. The van der Waals surface area contributed by atoms with E-state index in [-0.39, 0.29) is 11.5 Å². The van der Waals surface area contributed by atoms with Crippen molar-refractivity contribution in [3.63, 3.8) is 0 Å². The average Bonchev–Trinajstić information content (AvgIpc) is 2.79. The molecule has 0 radical (unpaired) electrons. The minimum absolute atomic E-state index is 0.000856. The second-order valence-corrected chi connectivity index (χ2v) is 3.10. The van der Waals surface area contributed by atoms with E-state index in [0.717, 1.165) is 13.4 Å². The molecule has 5 nitrogen and oxygen atoms in total. The van der Waals surface area contributed by atoms with Gasteiger partial charge in [-0.3, -0.25) is 0 Å². The monoisotopic (exact) mass is 263 g/mol. The Morgan fingerprint density at radius 2 is 2.00 bits per heavy atom. The Morgan fingerprint density at radius 1 is 1.28 bits per heavy atom. The first kappa shape index (κ1) is 12.3. The molecule has 2 aromatic rings. The van der Waals surface area contributed by atoms with Crippen molar-refractivity contribution >= 4 is 0 Å². The van der Waals surface area contributed by atoms with Gasteiger partial charge in [0.2, 0.25) is 11.8 Å². The Kier molecular flexibility index (Phi) is 2.89. The van der Waals surface area contributed by atoms with Crippen molar-refractivity contribution in [3.05, 3.63) is 23.8 Å². The van der Waals surface area contributed by atoms with Crippen molar-refractivity contribution in [3.8, 4) is 17.4 Å². The minimum Gasteiger partial charge on any atom is -0.480 e. The molecule has 0 aliphatic heterocycles. The molecule has 0 N–H and O–H groups in total. The molecular formula is C9H5F4N3O2.